The van der Waals surface area contributed by atoms with Crippen LogP contribution < -0.4 is 10.5 Å². The first-order valence-corrected chi connectivity index (χ1v) is 6.83. The normalized spacial score (nSPS) is 12.3. The van der Waals surface area contributed by atoms with E-state index in [4.69, 9.17) is 22.1 Å². The second-order valence-electron chi connectivity index (χ2n) is 4.13. The van der Waals surface area contributed by atoms with E-state index in [1.54, 1.807) is 18.2 Å². The fourth-order valence-electron chi connectivity index (χ4n) is 1.63. The lowest BCUT2D eigenvalue weighted by Crippen LogP contribution is -2.05. The van der Waals surface area contributed by atoms with Gasteiger partial charge in [-0.25, -0.2) is 4.39 Å². The van der Waals surface area contributed by atoms with Crippen molar-refractivity contribution < 1.29 is 9.13 Å². The lowest BCUT2D eigenvalue weighted by Gasteiger charge is -2.12. The molecule has 0 aliphatic rings. The average Bonchev–Trinajstić information content (AvgIpc) is 2.34. The van der Waals surface area contributed by atoms with Crippen LogP contribution >= 0.6 is 27.5 Å². The molecule has 2 aromatic rings. The number of hydrogen-bond donors (Lipinski definition) is 1. The van der Waals surface area contributed by atoms with E-state index in [9.17, 15) is 4.39 Å². The van der Waals surface area contributed by atoms with Crippen LogP contribution in [0.3, 0.4) is 0 Å². The first kappa shape index (κ1) is 14.3. The summed E-state index contributed by atoms with van der Waals surface area (Å²) in [5.74, 6) is 0.0296. The van der Waals surface area contributed by atoms with Gasteiger partial charge in [0.2, 0.25) is 0 Å². The van der Waals surface area contributed by atoms with Crippen LogP contribution in [0.15, 0.2) is 40.9 Å². The Kier molecular flexibility index (Phi) is 4.45. The van der Waals surface area contributed by atoms with E-state index in [1.807, 2.05) is 13.0 Å². The fraction of sp³-hybridized carbons (Fsp3) is 0.143. The molecule has 0 fully saturated rings. The Morgan fingerprint density at radius 1 is 1.32 bits per heavy atom. The standard InChI is InChI=1S/C14H12BrClFNO/c1-8(18)10-6-5-9(7-11(10)15)19-13-4-2-3-12(16)14(13)17/h2-8H,18H2,1H3. The Hall–Kier alpha value is -1.10. The molecule has 1 unspecified atom stereocenters. The quantitative estimate of drug-likeness (QED) is 0.845. The van der Waals surface area contributed by atoms with Gasteiger partial charge in [-0.3, -0.25) is 0 Å². The van der Waals surface area contributed by atoms with Crippen molar-refractivity contribution in [3.05, 3.63) is 57.3 Å². The molecule has 0 saturated heterocycles. The van der Waals surface area contributed by atoms with Crippen LogP contribution in [0.2, 0.25) is 5.02 Å². The summed E-state index contributed by atoms with van der Waals surface area (Å²) in [6.07, 6.45) is 0. The zero-order valence-electron chi connectivity index (χ0n) is 10.2. The van der Waals surface area contributed by atoms with E-state index >= 15 is 0 Å². The van der Waals surface area contributed by atoms with E-state index in [-0.39, 0.29) is 16.8 Å². The third-order valence-electron chi connectivity index (χ3n) is 2.61. The van der Waals surface area contributed by atoms with Gasteiger partial charge in [0, 0.05) is 10.5 Å². The molecule has 5 heteroatoms. The zero-order chi connectivity index (χ0) is 14.0. The summed E-state index contributed by atoms with van der Waals surface area (Å²) >= 11 is 9.11. The minimum atomic E-state index is -0.573. The average molecular weight is 345 g/mol. The molecule has 0 radical (unpaired) electrons. The zero-order valence-corrected chi connectivity index (χ0v) is 12.5. The van der Waals surface area contributed by atoms with Crippen LogP contribution in [-0.2, 0) is 0 Å². The number of ether oxygens (including phenoxy) is 1. The number of nitrogens with two attached hydrogens (primary N) is 1. The molecule has 1 atom stereocenters. The van der Waals surface area contributed by atoms with Gasteiger partial charge in [0.25, 0.3) is 0 Å². The highest BCUT2D eigenvalue weighted by Crippen LogP contribution is 2.32. The van der Waals surface area contributed by atoms with Crippen LogP contribution in [-0.4, -0.2) is 0 Å². The number of rotatable bonds is 3. The maximum absolute atomic E-state index is 13.7. The van der Waals surface area contributed by atoms with Crippen LogP contribution in [0, 0.1) is 5.82 Å². The smallest absolute Gasteiger partial charge is 0.184 e. The van der Waals surface area contributed by atoms with E-state index in [0.29, 0.717) is 5.75 Å². The minimum absolute atomic E-state index is 0.0313. The van der Waals surface area contributed by atoms with Gasteiger partial charge in [-0.15, -0.1) is 0 Å². The van der Waals surface area contributed by atoms with Crippen molar-refractivity contribution in [2.24, 2.45) is 5.73 Å². The lowest BCUT2D eigenvalue weighted by molar-refractivity contribution is 0.442. The third-order valence-corrected chi connectivity index (χ3v) is 3.59. The van der Waals surface area contributed by atoms with Gasteiger partial charge in [-0.05, 0) is 36.8 Å². The van der Waals surface area contributed by atoms with E-state index in [1.165, 1.54) is 12.1 Å². The largest absolute Gasteiger partial charge is 0.454 e. The van der Waals surface area contributed by atoms with Crippen molar-refractivity contribution in [3.8, 4) is 11.5 Å². The maximum atomic E-state index is 13.7. The van der Waals surface area contributed by atoms with E-state index < -0.39 is 5.82 Å². The molecule has 2 nitrogen and oxygen atoms in total. The Morgan fingerprint density at radius 2 is 2.05 bits per heavy atom. The van der Waals surface area contributed by atoms with Crippen LogP contribution in [0.1, 0.15) is 18.5 Å². The molecule has 0 aliphatic heterocycles. The first-order chi connectivity index (χ1) is 8.99. The van der Waals surface area contributed by atoms with Gasteiger partial charge in [-0.2, -0.15) is 0 Å². The predicted molar refractivity (Wildman–Crippen MR) is 78.2 cm³/mol. The van der Waals surface area contributed by atoms with Crippen LogP contribution in [0.25, 0.3) is 0 Å². The summed E-state index contributed by atoms with van der Waals surface area (Å²) in [5, 5.41) is 0.0313. The van der Waals surface area contributed by atoms with Gasteiger partial charge in [0.1, 0.15) is 5.75 Å². The second kappa shape index (κ2) is 5.90. The van der Waals surface area contributed by atoms with Crippen molar-refractivity contribution in [2.45, 2.75) is 13.0 Å². The molecule has 0 aliphatic carbocycles. The number of hydrogen-bond acceptors (Lipinski definition) is 2. The fourth-order valence-corrected chi connectivity index (χ4v) is 2.52. The summed E-state index contributed by atoms with van der Waals surface area (Å²) < 4.78 is 20.0. The molecule has 100 valence electrons. The molecule has 0 saturated carbocycles. The molecule has 0 bridgehead atoms. The van der Waals surface area contributed by atoms with E-state index in [0.717, 1.165) is 10.0 Å². The van der Waals surface area contributed by atoms with Gasteiger partial charge >= 0.3 is 0 Å². The highest BCUT2D eigenvalue weighted by atomic mass is 79.9. The van der Waals surface area contributed by atoms with Gasteiger partial charge in [0.05, 0.1) is 5.02 Å². The summed E-state index contributed by atoms with van der Waals surface area (Å²) in [6, 6.07) is 9.86. The topological polar surface area (TPSA) is 35.2 Å². The summed E-state index contributed by atoms with van der Waals surface area (Å²) in [7, 11) is 0. The summed E-state index contributed by atoms with van der Waals surface area (Å²) in [6.45, 7) is 1.89. The van der Waals surface area contributed by atoms with Gasteiger partial charge in [-0.1, -0.05) is 39.7 Å². The Balaban J connectivity index is 2.29. The van der Waals surface area contributed by atoms with E-state index in [2.05, 4.69) is 15.9 Å². The van der Waals surface area contributed by atoms with Crippen molar-refractivity contribution in [2.75, 3.05) is 0 Å². The monoisotopic (exact) mass is 343 g/mol. The number of benzene rings is 2. The Bertz CT molecular complexity index is 604. The van der Waals surface area contributed by atoms with Crippen molar-refractivity contribution in [3.63, 3.8) is 0 Å². The highest BCUT2D eigenvalue weighted by Gasteiger charge is 2.10. The molecule has 2 N–H and O–H groups in total. The lowest BCUT2D eigenvalue weighted by atomic mass is 10.1. The molecule has 0 heterocycles. The Labute approximate surface area is 124 Å². The second-order valence-corrected chi connectivity index (χ2v) is 5.39. The molecular formula is C14H12BrClFNO. The molecule has 2 aromatic carbocycles. The van der Waals surface area contributed by atoms with Gasteiger partial charge in [0.15, 0.2) is 11.6 Å². The summed E-state index contributed by atoms with van der Waals surface area (Å²) in [5.41, 5.74) is 6.77. The SMILES string of the molecule is CC(N)c1ccc(Oc2cccc(Cl)c2F)cc1Br. The maximum Gasteiger partial charge on any atom is 0.184 e. The molecular weight excluding hydrogens is 333 g/mol. The molecule has 0 aromatic heterocycles. The molecule has 0 spiro atoms. The van der Waals surface area contributed by atoms with Crippen LogP contribution in [0.5, 0.6) is 11.5 Å². The van der Waals surface area contributed by atoms with Gasteiger partial charge < -0.3 is 10.5 Å². The minimum Gasteiger partial charge on any atom is -0.454 e. The van der Waals surface area contributed by atoms with Crippen molar-refractivity contribution in [1.29, 1.82) is 0 Å². The Morgan fingerprint density at radius 3 is 2.68 bits per heavy atom. The number of halogens is 3. The highest BCUT2D eigenvalue weighted by molar-refractivity contribution is 9.10. The van der Waals surface area contributed by atoms with Crippen molar-refractivity contribution in [1.82, 2.24) is 0 Å². The molecule has 0 amide bonds. The molecule has 19 heavy (non-hydrogen) atoms. The third kappa shape index (κ3) is 3.26. The summed E-state index contributed by atoms with van der Waals surface area (Å²) in [4.78, 5) is 0. The van der Waals surface area contributed by atoms with Crippen LogP contribution in [0.4, 0.5) is 4.39 Å². The predicted octanol–water partition coefficient (Wildman–Crippen LogP) is 5.05. The first-order valence-electron chi connectivity index (χ1n) is 5.66. The molecule has 2 rings (SSSR count). The van der Waals surface area contributed by atoms with Crippen molar-refractivity contribution >= 4 is 27.5 Å².